The van der Waals surface area contributed by atoms with Gasteiger partial charge in [-0.25, -0.2) is 0 Å². The van der Waals surface area contributed by atoms with Gasteiger partial charge in [0.25, 0.3) is 0 Å². The van der Waals surface area contributed by atoms with Gasteiger partial charge in [0.05, 0.1) is 5.52 Å². The number of hydrogen-bond acceptors (Lipinski definition) is 0. The summed E-state index contributed by atoms with van der Waals surface area (Å²) in [6.07, 6.45) is 5.29. The number of benzene rings is 2. The van der Waals surface area contributed by atoms with Gasteiger partial charge >= 0.3 is 0 Å². The van der Waals surface area contributed by atoms with Gasteiger partial charge in [-0.3, -0.25) is 0 Å². The van der Waals surface area contributed by atoms with Crippen molar-refractivity contribution in [3.05, 3.63) is 84.1 Å². The Bertz CT molecular complexity index is 835. The second kappa shape index (κ2) is 6.07. The van der Waals surface area contributed by atoms with Crippen molar-refractivity contribution in [3.8, 4) is 5.69 Å². The highest BCUT2D eigenvalue weighted by Crippen LogP contribution is 2.30. The molecule has 1 heteroatoms. The number of nitrogens with zero attached hydrogens (tertiary/aromatic N) is 1. The Kier molecular flexibility index (Phi) is 3.97. The molecule has 1 nitrogen and oxygen atoms in total. The van der Waals surface area contributed by atoms with E-state index < -0.39 is 0 Å². The molecule has 0 atom stereocenters. The molecule has 3 aromatic rings. The standard InChI is InChI=1S/C21H21N/c1-4-16(2)14-15-20-17(3)19-12-8-9-13-21(19)22(20)18-10-6-5-7-11-18/h5-15H,2,4H2,1,3H3/b15-14-. The topological polar surface area (TPSA) is 4.93 Å². The lowest BCUT2D eigenvalue weighted by atomic mass is 10.1. The van der Waals surface area contributed by atoms with E-state index in [1.54, 1.807) is 0 Å². The molecule has 0 fully saturated rings. The van der Waals surface area contributed by atoms with Gasteiger partial charge in [0.15, 0.2) is 0 Å². The zero-order chi connectivity index (χ0) is 15.5. The zero-order valence-electron chi connectivity index (χ0n) is 13.2. The molecule has 0 bridgehead atoms. The Morgan fingerprint density at radius 3 is 2.45 bits per heavy atom. The first-order chi connectivity index (χ1) is 10.7. The van der Waals surface area contributed by atoms with Crippen LogP contribution in [-0.4, -0.2) is 4.57 Å². The summed E-state index contributed by atoms with van der Waals surface area (Å²) in [4.78, 5) is 0. The number of aromatic nitrogens is 1. The molecule has 0 saturated carbocycles. The Morgan fingerprint density at radius 2 is 1.73 bits per heavy atom. The quantitative estimate of drug-likeness (QED) is 0.525. The predicted molar refractivity (Wildman–Crippen MR) is 96.5 cm³/mol. The van der Waals surface area contributed by atoms with E-state index in [9.17, 15) is 0 Å². The highest BCUT2D eigenvalue weighted by Gasteiger charge is 2.12. The first-order valence-electron chi connectivity index (χ1n) is 7.73. The SMILES string of the molecule is C=C(/C=C\c1c(C)c2ccccc2n1-c1ccccc1)CC. The van der Waals surface area contributed by atoms with Crippen LogP contribution in [0.4, 0.5) is 0 Å². The van der Waals surface area contributed by atoms with Crippen LogP contribution in [0.3, 0.4) is 0 Å². The van der Waals surface area contributed by atoms with Crippen LogP contribution >= 0.6 is 0 Å². The van der Waals surface area contributed by atoms with Gasteiger partial charge in [-0.05, 0) is 43.2 Å². The van der Waals surface area contributed by atoms with Crippen molar-refractivity contribution >= 4 is 17.0 Å². The summed E-state index contributed by atoms with van der Waals surface area (Å²) in [6.45, 7) is 8.40. The Labute approximate surface area is 132 Å². The van der Waals surface area contributed by atoms with Crippen molar-refractivity contribution in [1.29, 1.82) is 0 Å². The average molecular weight is 287 g/mol. The average Bonchev–Trinajstić information content (AvgIpc) is 2.86. The van der Waals surface area contributed by atoms with Gasteiger partial charge in [0.2, 0.25) is 0 Å². The van der Waals surface area contributed by atoms with Crippen LogP contribution in [0.2, 0.25) is 0 Å². The summed E-state index contributed by atoms with van der Waals surface area (Å²) in [5.41, 5.74) is 6.10. The van der Waals surface area contributed by atoms with Gasteiger partial charge < -0.3 is 4.57 Å². The van der Waals surface area contributed by atoms with Crippen molar-refractivity contribution in [3.63, 3.8) is 0 Å². The second-order valence-corrected chi connectivity index (χ2v) is 5.54. The number of rotatable bonds is 4. The molecular weight excluding hydrogens is 266 g/mol. The highest BCUT2D eigenvalue weighted by molar-refractivity contribution is 5.89. The number of allylic oxidation sites excluding steroid dienone is 2. The van der Waals surface area contributed by atoms with Crippen LogP contribution in [-0.2, 0) is 0 Å². The number of hydrogen-bond donors (Lipinski definition) is 0. The smallest absolute Gasteiger partial charge is 0.0537 e. The van der Waals surface area contributed by atoms with Gasteiger partial charge in [-0.1, -0.05) is 61.5 Å². The van der Waals surface area contributed by atoms with Crippen LogP contribution in [0.25, 0.3) is 22.7 Å². The summed E-state index contributed by atoms with van der Waals surface area (Å²) in [7, 11) is 0. The van der Waals surface area contributed by atoms with Gasteiger partial charge in [0, 0.05) is 16.8 Å². The maximum Gasteiger partial charge on any atom is 0.0537 e. The third-order valence-electron chi connectivity index (χ3n) is 4.12. The molecule has 22 heavy (non-hydrogen) atoms. The van der Waals surface area contributed by atoms with Gasteiger partial charge in [-0.15, -0.1) is 0 Å². The van der Waals surface area contributed by atoms with E-state index in [1.807, 2.05) is 0 Å². The van der Waals surface area contributed by atoms with Crippen molar-refractivity contribution in [2.45, 2.75) is 20.3 Å². The lowest BCUT2D eigenvalue weighted by Gasteiger charge is -2.09. The second-order valence-electron chi connectivity index (χ2n) is 5.54. The summed E-state index contributed by atoms with van der Waals surface area (Å²) in [5, 5.41) is 1.30. The fourth-order valence-corrected chi connectivity index (χ4v) is 2.79. The minimum absolute atomic E-state index is 0.973. The molecule has 0 spiro atoms. The van der Waals surface area contributed by atoms with Gasteiger partial charge in [-0.2, -0.15) is 0 Å². The molecule has 0 N–H and O–H groups in total. The molecule has 0 unspecified atom stereocenters. The van der Waals surface area contributed by atoms with Crippen LogP contribution in [0.1, 0.15) is 24.6 Å². The third-order valence-corrected chi connectivity index (χ3v) is 4.12. The van der Waals surface area contributed by atoms with E-state index in [-0.39, 0.29) is 0 Å². The van der Waals surface area contributed by atoms with Crippen LogP contribution in [0.15, 0.2) is 72.8 Å². The van der Waals surface area contributed by atoms with E-state index in [0.717, 1.165) is 12.0 Å². The zero-order valence-corrected chi connectivity index (χ0v) is 13.2. The molecule has 0 aliphatic heterocycles. The first kappa shape index (κ1) is 14.4. The number of para-hydroxylation sites is 2. The molecule has 1 aromatic heterocycles. The minimum atomic E-state index is 0.973. The predicted octanol–water partition coefficient (Wildman–Crippen LogP) is 5.92. The Morgan fingerprint density at radius 1 is 1.05 bits per heavy atom. The minimum Gasteiger partial charge on any atom is -0.310 e. The molecule has 0 amide bonds. The molecule has 0 aliphatic rings. The lowest BCUT2D eigenvalue weighted by Crippen LogP contribution is -1.96. The maximum absolute atomic E-state index is 4.08. The summed E-state index contributed by atoms with van der Waals surface area (Å²) < 4.78 is 2.32. The van der Waals surface area contributed by atoms with Crippen molar-refractivity contribution in [1.82, 2.24) is 4.57 Å². The van der Waals surface area contributed by atoms with E-state index in [2.05, 4.69) is 91.7 Å². The molecule has 0 radical (unpaired) electrons. The molecule has 1 heterocycles. The van der Waals surface area contributed by atoms with E-state index in [4.69, 9.17) is 0 Å². The molecule has 0 saturated heterocycles. The molecule has 3 rings (SSSR count). The van der Waals surface area contributed by atoms with Gasteiger partial charge in [0.1, 0.15) is 0 Å². The van der Waals surface area contributed by atoms with Crippen molar-refractivity contribution in [2.24, 2.45) is 0 Å². The number of fused-ring (bicyclic) bond motifs is 1. The summed E-state index contributed by atoms with van der Waals surface area (Å²) in [6, 6.07) is 19.1. The molecule has 0 aliphatic carbocycles. The van der Waals surface area contributed by atoms with Crippen molar-refractivity contribution in [2.75, 3.05) is 0 Å². The van der Waals surface area contributed by atoms with E-state index >= 15 is 0 Å². The fourth-order valence-electron chi connectivity index (χ4n) is 2.79. The first-order valence-corrected chi connectivity index (χ1v) is 7.73. The Balaban J connectivity index is 2.28. The summed E-state index contributed by atoms with van der Waals surface area (Å²) in [5.74, 6) is 0. The molecule has 2 aromatic carbocycles. The molecular formula is C21H21N. The normalized spacial score (nSPS) is 11.4. The molecule has 110 valence electrons. The van der Waals surface area contributed by atoms with E-state index in [0.29, 0.717) is 0 Å². The third kappa shape index (κ3) is 2.50. The Hall–Kier alpha value is -2.54. The largest absolute Gasteiger partial charge is 0.310 e. The number of aryl methyl sites for hydroxylation is 1. The van der Waals surface area contributed by atoms with Crippen molar-refractivity contribution < 1.29 is 0 Å². The monoisotopic (exact) mass is 287 g/mol. The lowest BCUT2D eigenvalue weighted by molar-refractivity contribution is 1.09. The van der Waals surface area contributed by atoms with Crippen LogP contribution < -0.4 is 0 Å². The van der Waals surface area contributed by atoms with E-state index in [1.165, 1.54) is 27.8 Å². The van der Waals surface area contributed by atoms with Crippen LogP contribution in [0.5, 0.6) is 0 Å². The fraction of sp³-hybridized carbons (Fsp3) is 0.143. The maximum atomic E-state index is 4.08. The highest BCUT2D eigenvalue weighted by atomic mass is 15.0. The summed E-state index contributed by atoms with van der Waals surface area (Å²) >= 11 is 0. The van der Waals surface area contributed by atoms with Crippen LogP contribution in [0, 0.1) is 6.92 Å².